The first kappa shape index (κ1) is 24.3. The van der Waals surface area contributed by atoms with Crippen molar-refractivity contribution < 1.29 is 28.5 Å². The van der Waals surface area contributed by atoms with Crippen LogP contribution in [0.5, 0.6) is 5.75 Å². The van der Waals surface area contributed by atoms with Crippen molar-refractivity contribution >= 4 is 28.8 Å². The summed E-state index contributed by atoms with van der Waals surface area (Å²) >= 11 is 1.45. The summed E-state index contributed by atoms with van der Waals surface area (Å²) < 4.78 is 21.4. The van der Waals surface area contributed by atoms with Crippen molar-refractivity contribution in [2.45, 2.75) is 38.5 Å². The average Bonchev–Trinajstić information content (AvgIpc) is 3.52. The maximum absolute atomic E-state index is 12.9. The van der Waals surface area contributed by atoms with Gasteiger partial charge >= 0.3 is 5.97 Å². The normalized spacial score (nSPS) is 20.1. The lowest BCUT2D eigenvalue weighted by atomic mass is 9.92. The third-order valence-electron chi connectivity index (χ3n) is 5.77. The molecule has 9 nitrogen and oxygen atoms in total. The van der Waals surface area contributed by atoms with Crippen LogP contribution in [-0.2, 0) is 23.8 Å². The molecule has 1 atom stereocenters. The first-order valence-corrected chi connectivity index (χ1v) is 12.1. The Kier molecular flexibility index (Phi) is 7.91. The van der Waals surface area contributed by atoms with E-state index >= 15 is 0 Å². The molecule has 3 heterocycles. The van der Waals surface area contributed by atoms with Crippen molar-refractivity contribution in [3.63, 3.8) is 0 Å². The zero-order chi connectivity index (χ0) is 24.1. The van der Waals surface area contributed by atoms with Crippen LogP contribution in [0.3, 0.4) is 0 Å². The van der Waals surface area contributed by atoms with E-state index < -0.39 is 12.0 Å². The van der Waals surface area contributed by atoms with Crippen molar-refractivity contribution in [3.8, 4) is 5.75 Å². The molecule has 3 aliphatic heterocycles. The largest absolute Gasteiger partial charge is 0.497 e. The second kappa shape index (κ2) is 11.1. The highest BCUT2D eigenvalue weighted by molar-refractivity contribution is 8.16. The van der Waals surface area contributed by atoms with Crippen LogP contribution in [0.2, 0.25) is 0 Å². The van der Waals surface area contributed by atoms with Crippen LogP contribution in [0.4, 0.5) is 0 Å². The number of amides is 1. The molecule has 34 heavy (non-hydrogen) atoms. The Hall–Kier alpha value is -2.82. The molecule has 0 aromatic heterocycles. The predicted molar refractivity (Wildman–Crippen MR) is 128 cm³/mol. The molecule has 1 amide bonds. The van der Waals surface area contributed by atoms with Gasteiger partial charge in [-0.1, -0.05) is 30.8 Å². The molecule has 4 rings (SSSR count). The highest BCUT2D eigenvalue weighted by atomic mass is 32.2. The summed E-state index contributed by atoms with van der Waals surface area (Å²) in [5.41, 5.74) is 2.75. The van der Waals surface area contributed by atoms with Crippen molar-refractivity contribution in [3.05, 3.63) is 52.2 Å². The predicted octanol–water partition coefficient (Wildman–Crippen LogP) is 3.10. The summed E-state index contributed by atoms with van der Waals surface area (Å²) in [7, 11) is 2.97. The molecule has 0 aliphatic carbocycles. The second-order valence-corrected chi connectivity index (χ2v) is 8.70. The molecular formula is C24H29N3O6S. The molecule has 0 unspecified atom stereocenters. The number of hydrogen-bond acceptors (Lipinski definition) is 9. The van der Waals surface area contributed by atoms with Gasteiger partial charge in [0.15, 0.2) is 11.5 Å². The molecule has 0 saturated carbocycles. The molecular weight excluding hydrogens is 458 g/mol. The number of ether oxygens (including phenoxy) is 4. The lowest BCUT2D eigenvalue weighted by Gasteiger charge is -2.36. The number of thioether (sulfide) groups is 1. The number of benzene rings is 1. The Morgan fingerprint density at radius 1 is 1.26 bits per heavy atom. The lowest BCUT2D eigenvalue weighted by molar-refractivity contribution is -0.136. The molecule has 182 valence electrons. The summed E-state index contributed by atoms with van der Waals surface area (Å²) in [6, 6.07) is 7.08. The fraction of sp³-hybridized carbons (Fsp3) is 0.458. The fourth-order valence-corrected chi connectivity index (χ4v) is 5.11. The Balaban J connectivity index is 1.58. The topological polar surface area (TPSA) is 98.7 Å². The molecule has 1 fully saturated rings. The summed E-state index contributed by atoms with van der Waals surface area (Å²) in [5.74, 6) is 0.111. The summed E-state index contributed by atoms with van der Waals surface area (Å²) in [6.07, 6.45) is 1.05. The number of nitrogens with zero attached hydrogens (tertiary/aromatic N) is 2. The number of allylic oxidation sites excluding steroid dienone is 1. The number of methoxy groups -OCH3 is 2. The molecule has 0 bridgehead atoms. The quantitative estimate of drug-likeness (QED) is 0.531. The average molecular weight is 488 g/mol. The van der Waals surface area contributed by atoms with Gasteiger partial charge < -0.3 is 29.2 Å². The van der Waals surface area contributed by atoms with Gasteiger partial charge in [0.1, 0.15) is 5.75 Å². The number of nitrogens with one attached hydrogen (secondary N) is 1. The van der Waals surface area contributed by atoms with Gasteiger partial charge in [0.2, 0.25) is 5.91 Å². The van der Waals surface area contributed by atoms with Crippen molar-refractivity contribution in [2.24, 2.45) is 4.99 Å². The first-order valence-electron chi connectivity index (χ1n) is 11.2. The number of fused-ring (bicyclic) bond motifs is 1. The van der Waals surface area contributed by atoms with Gasteiger partial charge in [-0.25, -0.2) is 9.79 Å². The molecule has 1 aromatic carbocycles. The third kappa shape index (κ3) is 5.13. The minimum atomic E-state index is -0.487. The molecule has 3 aliphatic rings. The van der Waals surface area contributed by atoms with Gasteiger partial charge in [0, 0.05) is 18.7 Å². The molecule has 0 radical (unpaired) electrons. The molecule has 1 saturated heterocycles. The van der Waals surface area contributed by atoms with Crippen LogP contribution in [0.25, 0.3) is 0 Å². The molecule has 0 spiro atoms. The number of aliphatic imine (C=N–C) groups is 1. The van der Waals surface area contributed by atoms with Crippen LogP contribution in [0.15, 0.2) is 51.6 Å². The van der Waals surface area contributed by atoms with Crippen molar-refractivity contribution in [1.82, 2.24) is 10.2 Å². The summed E-state index contributed by atoms with van der Waals surface area (Å²) in [4.78, 5) is 32.4. The molecule has 1 aromatic rings. The zero-order valence-electron chi connectivity index (χ0n) is 19.5. The maximum atomic E-state index is 12.9. The minimum absolute atomic E-state index is 0.125. The molecule has 10 heteroatoms. The number of amidine groups is 1. The minimum Gasteiger partial charge on any atom is -0.497 e. The zero-order valence-corrected chi connectivity index (χ0v) is 20.4. The van der Waals surface area contributed by atoms with E-state index in [1.807, 2.05) is 41.5 Å². The first-order chi connectivity index (χ1) is 16.5. The SMILES string of the molecule is CCC1=C(C(=O)OC)[C@@H](c2cccc(OC)c2)N2C(CC(=O)NCCC3OCCO3)=CSC2=N1. The monoisotopic (exact) mass is 487 g/mol. The lowest BCUT2D eigenvalue weighted by Crippen LogP contribution is -2.38. The standard InChI is InChI=1S/C24H29N3O6S/c1-4-18-21(23(29)31-3)22(15-6-5-7-17(12-15)30-2)27-16(14-34-24(27)26-18)13-19(28)25-9-8-20-32-10-11-33-20/h5-7,12,14,20,22H,4,8-11,13H2,1-3H3,(H,25,28)/t22-/m1/s1. The summed E-state index contributed by atoms with van der Waals surface area (Å²) in [6.45, 7) is 3.58. The maximum Gasteiger partial charge on any atom is 0.338 e. The van der Waals surface area contributed by atoms with E-state index in [4.69, 9.17) is 23.9 Å². The third-order valence-corrected chi connectivity index (χ3v) is 6.66. The van der Waals surface area contributed by atoms with E-state index in [9.17, 15) is 9.59 Å². The van der Waals surface area contributed by atoms with Gasteiger partial charge in [0.25, 0.3) is 0 Å². The van der Waals surface area contributed by atoms with Gasteiger partial charge in [0.05, 0.1) is 51.2 Å². The summed E-state index contributed by atoms with van der Waals surface area (Å²) in [5, 5.41) is 5.58. The van der Waals surface area contributed by atoms with Crippen LogP contribution >= 0.6 is 11.8 Å². The van der Waals surface area contributed by atoms with E-state index in [-0.39, 0.29) is 18.6 Å². The Labute approximate surface area is 203 Å². The number of carbonyl (C=O) groups is 2. The van der Waals surface area contributed by atoms with Crippen LogP contribution in [-0.4, -0.2) is 62.2 Å². The van der Waals surface area contributed by atoms with Crippen molar-refractivity contribution in [1.29, 1.82) is 0 Å². The number of rotatable bonds is 9. The smallest absolute Gasteiger partial charge is 0.338 e. The molecule has 1 N–H and O–H groups in total. The Morgan fingerprint density at radius 3 is 2.76 bits per heavy atom. The van der Waals surface area contributed by atoms with E-state index in [0.717, 1.165) is 16.4 Å². The van der Waals surface area contributed by atoms with Crippen molar-refractivity contribution in [2.75, 3.05) is 34.0 Å². The second-order valence-electron chi connectivity index (χ2n) is 7.86. The van der Waals surface area contributed by atoms with Gasteiger partial charge in [-0.3, -0.25) is 4.79 Å². The fourth-order valence-electron chi connectivity index (χ4n) is 4.17. The van der Waals surface area contributed by atoms with Gasteiger partial charge in [-0.15, -0.1) is 0 Å². The Morgan fingerprint density at radius 2 is 2.06 bits per heavy atom. The van der Waals surface area contributed by atoms with Gasteiger partial charge in [-0.2, -0.15) is 0 Å². The van der Waals surface area contributed by atoms with E-state index in [0.29, 0.717) is 49.6 Å². The van der Waals surface area contributed by atoms with Crippen LogP contribution in [0.1, 0.15) is 37.8 Å². The highest BCUT2D eigenvalue weighted by Crippen LogP contribution is 2.45. The number of hydrogen-bond donors (Lipinski definition) is 1. The van der Waals surface area contributed by atoms with E-state index in [2.05, 4.69) is 5.32 Å². The van der Waals surface area contributed by atoms with Crippen LogP contribution in [0, 0.1) is 0 Å². The highest BCUT2D eigenvalue weighted by Gasteiger charge is 2.41. The van der Waals surface area contributed by atoms with E-state index in [1.165, 1.54) is 18.9 Å². The number of carbonyl (C=O) groups excluding carboxylic acids is 2. The van der Waals surface area contributed by atoms with Crippen LogP contribution < -0.4 is 10.1 Å². The van der Waals surface area contributed by atoms with E-state index in [1.54, 1.807) is 7.11 Å². The van der Waals surface area contributed by atoms with Gasteiger partial charge in [-0.05, 0) is 29.5 Å². The number of esters is 1. The Bertz CT molecular complexity index is 1030.